The molecule has 0 saturated heterocycles. The minimum Gasteiger partial charge on any atom is -0.484 e. The highest BCUT2D eigenvalue weighted by atomic mass is 16.5. The number of nitriles is 1. The lowest BCUT2D eigenvalue weighted by atomic mass is 10.1. The Morgan fingerprint density at radius 1 is 1.61 bits per heavy atom. The Bertz CT molecular complexity index is 438. The molecule has 0 aliphatic carbocycles. The zero-order valence-electron chi connectivity index (χ0n) is 10.3. The fourth-order valence-corrected chi connectivity index (χ4v) is 1.47. The maximum atomic E-state index is 11.2. The van der Waals surface area contributed by atoms with Crippen LogP contribution in [0.1, 0.15) is 12.5 Å². The highest BCUT2D eigenvalue weighted by molar-refractivity contribution is 5.77. The van der Waals surface area contributed by atoms with E-state index in [0.29, 0.717) is 5.75 Å². The van der Waals surface area contributed by atoms with Crippen molar-refractivity contribution in [2.45, 2.75) is 19.4 Å². The average Bonchev–Trinajstić information content (AvgIpc) is 2.33. The highest BCUT2D eigenvalue weighted by Crippen LogP contribution is 2.14. The predicted molar refractivity (Wildman–Crippen MR) is 67.9 cm³/mol. The first-order valence-electron chi connectivity index (χ1n) is 5.73. The summed E-state index contributed by atoms with van der Waals surface area (Å²) in [6, 6.07) is 9.38. The number of nitrogens with two attached hydrogens (primary N) is 1. The van der Waals surface area contributed by atoms with E-state index in [4.69, 9.17) is 15.7 Å². The lowest BCUT2D eigenvalue weighted by Crippen LogP contribution is -2.29. The topological polar surface area (TPSA) is 88.1 Å². The molecular formula is C13H17N3O2. The number of amides is 1. The zero-order chi connectivity index (χ0) is 13.4. The van der Waals surface area contributed by atoms with E-state index in [1.807, 2.05) is 31.2 Å². The largest absolute Gasteiger partial charge is 0.484 e. The summed E-state index contributed by atoms with van der Waals surface area (Å²) in [5.41, 5.74) is 6.79. The third kappa shape index (κ3) is 5.32. The fourth-order valence-electron chi connectivity index (χ4n) is 1.47. The summed E-state index contributed by atoms with van der Waals surface area (Å²) in [6.07, 6.45) is 0.762. The first kappa shape index (κ1) is 14.0. The predicted octanol–water partition coefficient (Wildman–Crippen LogP) is 0.595. The smallest absolute Gasteiger partial charge is 0.258 e. The molecule has 0 saturated carbocycles. The quantitative estimate of drug-likeness (QED) is 0.720. The van der Waals surface area contributed by atoms with Gasteiger partial charge < -0.3 is 15.8 Å². The molecule has 0 fully saturated rings. The van der Waals surface area contributed by atoms with Gasteiger partial charge in [0.05, 0.1) is 6.07 Å². The van der Waals surface area contributed by atoms with Gasteiger partial charge in [-0.25, -0.2) is 0 Å². The van der Waals surface area contributed by atoms with Crippen LogP contribution in [-0.4, -0.2) is 25.1 Å². The third-order valence-corrected chi connectivity index (χ3v) is 2.19. The van der Waals surface area contributed by atoms with Crippen molar-refractivity contribution in [2.24, 2.45) is 5.73 Å². The molecule has 18 heavy (non-hydrogen) atoms. The Balaban J connectivity index is 2.47. The van der Waals surface area contributed by atoms with Gasteiger partial charge in [-0.15, -0.1) is 0 Å². The third-order valence-electron chi connectivity index (χ3n) is 2.19. The molecule has 5 nitrogen and oxygen atoms in total. The van der Waals surface area contributed by atoms with Crippen LogP contribution in [0.15, 0.2) is 24.3 Å². The number of carbonyl (C=O) groups excluding carboxylic acids is 1. The monoisotopic (exact) mass is 247 g/mol. The SMILES string of the molecule is CC(N)Cc1cccc(OCC(=O)NCC#N)c1. The van der Waals surface area contributed by atoms with Gasteiger partial charge >= 0.3 is 0 Å². The molecule has 3 N–H and O–H groups in total. The second-order valence-corrected chi connectivity index (χ2v) is 4.05. The number of hydrogen-bond donors (Lipinski definition) is 2. The number of rotatable bonds is 6. The summed E-state index contributed by atoms with van der Waals surface area (Å²) in [5, 5.41) is 10.7. The molecule has 96 valence electrons. The number of nitrogens with zero attached hydrogens (tertiary/aromatic N) is 1. The molecule has 0 aliphatic heterocycles. The van der Waals surface area contributed by atoms with Crippen molar-refractivity contribution in [3.63, 3.8) is 0 Å². The average molecular weight is 247 g/mol. The first-order valence-corrected chi connectivity index (χ1v) is 5.73. The van der Waals surface area contributed by atoms with Crippen LogP contribution in [0, 0.1) is 11.3 Å². The summed E-state index contributed by atoms with van der Waals surface area (Å²) in [4.78, 5) is 11.2. The van der Waals surface area contributed by atoms with Crippen LogP contribution < -0.4 is 15.8 Å². The van der Waals surface area contributed by atoms with Crippen LogP contribution in [0.2, 0.25) is 0 Å². The molecule has 0 spiro atoms. The Hall–Kier alpha value is -2.06. The van der Waals surface area contributed by atoms with Crippen LogP contribution in [0.25, 0.3) is 0 Å². The van der Waals surface area contributed by atoms with E-state index < -0.39 is 0 Å². The van der Waals surface area contributed by atoms with Gasteiger partial charge in [-0.3, -0.25) is 4.79 Å². The lowest BCUT2D eigenvalue weighted by molar-refractivity contribution is -0.122. The molecule has 0 aliphatic rings. The molecule has 0 radical (unpaired) electrons. The highest BCUT2D eigenvalue weighted by Gasteiger charge is 2.03. The Morgan fingerprint density at radius 2 is 2.39 bits per heavy atom. The zero-order valence-corrected chi connectivity index (χ0v) is 10.3. The van der Waals surface area contributed by atoms with E-state index in [-0.39, 0.29) is 25.1 Å². The molecular weight excluding hydrogens is 230 g/mol. The molecule has 5 heteroatoms. The maximum absolute atomic E-state index is 11.2. The normalized spacial score (nSPS) is 11.4. The summed E-state index contributed by atoms with van der Waals surface area (Å²) in [7, 11) is 0. The van der Waals surface area contributed by atoms with Gasteiger partial charge in [0.25, 0.3) is 5.91 Å². The van der Waals surface area contributed by atoms with E-state index in [1.165, 1.54) is 0 Å². The van der Waals surface area contributed by atoms with Crippen molar-refractivity contribution in [3.05, 3.63) is 29.8 Å². The van der Waals surface area contributed by atoms with Crippen molar-refractivity contribution >= 4 is 5.91 Å². The molecule has 1 aromatic carbocycles. The second kappa shape index (κ2) is 7.30. The van der Waals surface area contributed by atoms with E-state index in [0.717, 1.165) is 12.0 Å². The maximum Gasteiger partial charge on any atom is 0.258 e. The first-order chi connectivity index (χ1) is 8.61. The fraction of sp³-hybridized carbons (Fsp3) is 0.385. The Kier molecular flexibility index (Phi) is 5.68. The summed E-state index contributed by atoms with van der Waals surface area (Å²) in [6.45, 7) is 1.83. The molecule has 0 aromatic heterocycles. The summed E-state index contributed by atoms with van der Waals surface area (Å²) < 4.78 is 5.32. The Labute approximate surface area is 107 Å². The van der Waals surface area contributed by atoms with E-state index in [9.17, 15) is 4.79 Å². The standard InChI is InChI=1S/C13H17N3O2/c1-10(15)7-11-3-2-4-12(8-11)18-9-13(17)16-6-5-14/h2-4,8,10H,6-7,9,15H2,1H3,(H,16,17). The molecule has 1 atom stereocenters. The van der Waals surface area contributed by atoms with Crippen LogP contribution in [-0.2, 0) is 11.2 Å². The second-order valence-electron chi connectivity index (χ2n) is 4.05. The number of benzene rings is 1. The van der Waals surface area contributed by atoms with Gasteiger partial charge in [0, 0.05) is 6.04 Å². The number of ether oxygens (including phenoxy) is 1. The van der Waals surface area contributed by atoms with E-state index >= 15 is 0 Å². The van der Waals surface area contributed by atoms with Gasteiger partial charge in [-0.1, -0.05) is 12.1 Å². The number of nitrogens with one attached hydrogen (secondary N) is 1. The van der Waals surface area contributed by atoms with Gasteiger partial charge in [0.15, 0.2) is 6.61 Å². The lowest BCUT2D eigenvalue weighted by Gasteiger charge is -2.09. The van der Waals surface area contributed by atoms with Crippen molar-refractivity contribution in [3.8, 4) is 11.8 Å². The Morgan fingerprint density at radius 3 is 3.06 bits per heavy atom. The molecule has 1 aromatic rings. The van der Waals surface area contributed by atoms with Gasteiger partial charge in [0.1, 0.15) is 12.3 Å². The van der Waals surface area contributed by atoms with Crippen molar-refractivity contribution in [1.29, 1.82) is 5.26 Å². The minimum atomic E-state index is -0.311. The van der Waals surface area contributed by atoms with Crippen LogP contribution >= 0.6 is 0 Å². The van der Waals surface area contributed by atoms with E-state index in [1.54, 1.807) is 6.07 Å². The number of hydrogen-bond acceptors (Lipinski definition) is 4. The van der Waals surface area contributed by atoms with Gasteiger partial charge in [-0.2, -0.15) is 5.26 Å². The van der Waals surface area contributed by atoms with Gasteiger partial charge in [0.2, 0.25) is 0 Å². The number of carbonyl (C=O) groups is 1. The molecule has 0 heterocycles. The van der Waals surface area contributed by atoms with Crippen molar-refractivity contribution in [1.82, 2.24) is 5.32 Å². The molecule has 1 rings (SSSR count). The van der Waals surface area contributed by atoms with Crippen LogP contribution in [0.3, 0.4) is 0 Å². The molecule has 1 amide bonds. The van der Waals surface area contributed by atoms with Gasteiger partial charge in [-0.05, 0) is 31.0 Å². The van der Waals surface area contributed by atoms with E-state index in [2.05, 4.69) is 5.32 Å². The molecule has 1 unspecified atom stereocenters. The minimum absolute atomic E-state index is 0.00702. The van der Waals surface area contributed by atoms with Crippen molar-refractivity contribution < 1.29 is 9.53 Å². The van der Waals surface area contributed by atoms with Crippen molar-refractivity contribution in [2.75, 3.05) is 13.2 Å². The van der Waals surface area contributed by atoms with Crippen LogP contribution in [0.4, 0.5) is 0 Å². The molecule has 0 bridgehead atoms. The summed E-state index contributed by atoms with van der Waals surface area (Å²) in [5.74, 6) is 0.314. The summed E-state index contributed by atoms with van der Waals surface area (Å²) >= 11 is 0. The van der Waals surface area contributed by atoms with Crippen LogP contribution in [0.5, 0.6) is 5.75 Å².